The lowest BCUT2D eigenvalue weighted by Crippen LogP contribution is -2.39. The number of hydrogen-bond donors (Lipinski definition) is 1. The van der Waals surface area contributed by atoms with E-state index in [4.69, 9.17) is 0 Å². The molecule has 0 radical (unpaired) electrons. The van der Waals surface area contributed by atoms with E-state index in [1.165, 1.54) is 12.1 Å². The van der Waals surface area contributed by atoms with Gasteiger partial charge >= 0.3 is 0 Å². The molecule has 6 nitrogen and oxygen atoms in total. The summed E-state index contributed by atoms with van der Waals surface area (Å²) in [5.74, 6) is -0.399. The van der Waals surface area contributed by atoms with E-state index >= 15 is 0 Å². The van der Waals surface area contributed by atoms with E-state index in [1.807, 2.05) is 13.8 Å². The molecule has 0 spiro atoms. The largest absolute Gasteiger partial charge is 0.348 e. The van der Waals surface area contributed by atoms with Crippen molar-refractivity contribution in [2.45, 2.75) is 46.1 Å². The highest BCUT2D eigenvalue weighted by Crippen LogP contribution is 2.30. The summed E-state index contributed by atoms with van der Waals surface area (Å²) in [6, 6.07) is 12.3. The minimum absolute atomic E-state index is 0.0216. The van der Waals surface area contributed by atoms with Crippen LogP contribution in [0.4, 0.5) is 4.39 Å². The Morgan fingerprint density at radius 1 is 1.03 bits per heavy atom. The normalized spacial score (nSPS) is 14.2. The maximum absolute atomic E-state index is 14.1. The Labute approximate surface area is 199 Å². The van der Waals surface area contributed by atoms with Crippen LogP contribution in [0.15, 0.2) is 48.7 Å². The van der Waals surface area contributed by atoms with Crippen LogP contribution in [0.2, 0.25) is 0 Å². The molecule has 1 aliphatic rings. The second-order valence-electron chi connectivity index (χ2n) is 8.94. The number of halogens is 1. The number of piperidine rings is 1. The van der Waals surface area contributed by atoms with Gasteiger partial charge in [-0.25, -0.2) is 14.4 Å². The number of carbonyl (C=O) groups is 2. The summed E-state index contributed by atoms with van der Waals surface area (Å²) in [7, 11) is 0. The topological polar surface area (TPSA) is 75.2 Å². The predicted octanol–water partition coefficient (Wildman–Crippen LogP) is 4.49. The van der Waals surface area contributed by atoms with Crippen LogP contribution in [0.25, 0.3) is 0 Å². The minimum atomic E-state index is -0.510. The third-order valence-electron chi connectivity index (χ3n) is 6.19. The van der Waals surface area contributed by atoms with Gasteiger partial charge in [0.25, 0.3) is 11.8 Å². The molecular weight excluding hydrogens is 431 g/mol. The number of benzene rings is 2. The van der Waals surface area contributed by atoms with Gasteiger partial charge in [-0.2, -0.15) is 0 Å². The summed E-state index contributed by atoms with van der Waals surface area (Å²) in [6.07, 6.45) is 2.88. The monoisotopic (exact) mass is 460 g/mol. The molecule has 1 saturated heterocycles. The lowest BCUT2D eigenvalue weighted by Gasteiger charge is -2.32. The summed E-state index contributed by atoms with van der Waals surface area (Å²) in [5.41, 5.74) is 4.61. The molecule has 0 aliphatic carbocycles. The van der Waals surface area contributed by atoms with Crippen molar-refractivity contribution >= 4 is 11.8 Å². The van der Waals surface area contributed by atoms with Crippen LogP contribution in [-0.4, -0.2) is 39.8 Å². The van der Waals surface area contributed by atoms with Crippen LogP contribution in [0.1, 0.15) is 67.7 Å². The van der Waals surface area contributed by atoms with E-state index in [0.717, 1.165) is 16.7 Å². The molecule has 2 heterocycles. The molecule has 2 amide bonds. The second kappa shape index (κ2) is 10.1. The fraction of sp³-hybridized carbons (Fsp3) is 0.333. The van der Waals surface area contributed by atoms with Crippen molar-refractivity contribution in [3.8, 4) is 0 Å². The van der Waals surface area contributed by atoms with E-state index in [2.05, 4.69) is 33.5 Å². The maximum atomic E-state index is 14.1. The van der Waals surface area contributed by atoms with Crippen molar-refractivity contribution in [1.82, 2.24) is 20.2 Å². The van der Waals surface area contributed by atoms with E-state index < -0.39 is 5.82 Å². The average Bonchev–Trinajstić information content (AvgIpc) is 2.82. The molecule has 0 saturated carbocycles. The van der Waals surface area contributed by atoms with Gasteiger partial charge in [0, 0.05) is 31.7 Å². The lowest BCUT2D eigenvalue weighted by molar-refractivity contribution is 0.0705. The zero-order valence-corrected chi connectivity index (χ0v) is 19.8. The SMILES string of the molecule is Cc1cc(C)cc(CNC(=O)c2cnc(C)nc2C2CCN(C(=O)c3ccccc3F)CC2)c1. The molecule has 1 aliphatic heterocycles. The average molecular weight is 461 g/mol. The first-order valence-corrected chi connectivity index (χ1v) is 11.5. The number of likely N-dealkylation sites (tertiary alicyclic amines) is 1. The predicted molar refractivity (Wildman–Crippen MR) is 128 cm³/mol. The zero-order chi connectivity index (χ0) is 24.2. The van der Waals surface area contributed by atoms with E-state index in [0.29, 0.717) is 49.6 Å². The van der Waals surface area contributed by atoms with Crippen LogP contribution in [-0.2, 0) is 6.54 Å². The molecule has 2 aromatic carbocycles. The second-order valence-corrected chi connectivity index (χ2v) is 8.94. The summed E-state index contributed by atoms with van der Waals surface area (Å²) in [5, 5.41) is 3.00. The number of rotatable bonds is 5. The van der Waals surface area contributed by atoms with Crippen LogP contribution < -0.4 is 5.32 Å². The lowest BCUT2D eigenvalue weighted by atomic mass is 9.90. The van der Waals surface area contributed by atoms with Crippen LogP contribution in [0, 0.1) is 26.6 Å². The molecule has 34 heavy (non-hydrogen) atoms. The quantitative estimate of drug-likeness (QED) is 0.609. The van der Waals surface area contributed by atoms with Crippen LogP contribution in [0.5, 0.6) is 0 Å². The van der Waals surface area contributed by atoms with Gasteiger partial charge in [0.15, 0.2) is 0 Å². The number of nitrogens with one attached hydrogen (secondary N) is 1. The molecule has 1 N–H and O–H groups in total. The molecule has 7 heteroatoms. The highest BCUT2D eigenvalue weighted by molar-refractivity contribution is 5.95. The van der Waals surface area contributed by atoms with Crippen molar-refractivity contribution in [3.05, 3.63) is 93.8 Å². The third-order valence-corrected chi connectivity index (χ3v) is 6.19. The molecule has 4 rings (SSSR count). The minimum Gasteiger partial charge on any atom is -0.348 e. The number of amides is 2. The van der Waals surface area contributed by atoms with Gasteiger partial charge in [-0.1, -0.05) is 41.5 Å². The standard InChI is InChI=1S/C27H29FN4O2/c1-17-12-18(2)14-20(13-17)15-30-26(33)23-16-29-19(3)31-25(23)21-8-10-32(11-9-21)27(34)22-6-4-5-7-24(22)28/h4-7,12-14,16,21H,8-11,15H2,1-3H3,(H,30,33). The highest BCUT2D eigenvalue weighted by Gasteiger charge is 2.29. The molecule has 0 bridgehead atoms. The van der Waals surface area contributed by atoms with Gasteiger partial charge in [0.2, 0.25) is 0 Å². The Bertz CT molecular complexity index is 1200. The fourth-order valence-corrected chi connectivity index (χ4v) is 4.58. The van der Waals surface area contributed by atoms with E-state index in [9.17, 15) is 14.0 Å². The summed E-state index contributed by atoms with van der Waals surface area (Å²) >= 11 is 0. The number of nitrogens with zero attached hydrogens (tertiary/aromatic N) is 3. The zero-order valence-electron chi connectivity index (χ0n) is 19.8. The molecule has 0 unspecified atom stereocenters. The first kappa shape index (κ1) is 23.5. The Hall–Kier alpha value is -3.61. The van der Waals surface area contributed by atoms with Gasteiger partial charge in [-0.15, -0.1) is 0 Å². The van der Waals surface area contributed by atoms with Gasteiger partial charge in [0.05, 0.1) is 16.8 Å². The first-order chi connectivity index (χ1) is 16.3. The summed E-state index contributed by atoms with van der Waals surface area (Å²) in [4.78, 5) is 36.3. The maximum Gasteiger partial charge on any atom is 0.256 e. The third kappa shape index (κ3) is 5.30. The molecular formula is C27H29FN4O2. The Kier molecular flexibility index (Phi) is 7.01. The summed E-state index contributed by atoms with van der Waals surface area (Å²) < 4.78 is 14.1. The molecule has 1 aromatic heterocycles. The molecule has 1 fully saturated rings. The highest BCUT2D eigenvalue weighted by atomic mass is 19.1. The van der Waals surface area contributed by atoms with Gasteiger partial charge in [-0.3, -0.25) is 9.59 Å². The van der Waals surface area contributed by atoms with Crippen molar-refractivity contribution in [1.29, 1.82) is 0 Å². The Morgan fingerprint density at radius 2 is 1.71 bits per heavy atom. The number of hydrogen-bond acceptors (Lipinski definition) is 4. The van der Waals surface area contributed by atoms with Crippen molar-refractivity contribution in [2.75, 3.05) is 13.1 Å². The van der Waals surface area contributed by atoms with Crippen molar-refractivity contribution < 1.29 is 14.0 Å². The number of aryl methyl sites for hydroxylation is 3. The Balaban J connectivity index is 1.45. The smallest absolute Gasteiger partial charge is 0.256 e. The van der Waals surface area contributed by atoms with Crippen LogP contribution in [0.3, 0.4) is 0 Å². The van der Waals surface area contributed by atoms with Crippen LogP contribution >= 0.6 is 0 Å². The molecule has 0 atom stereocenters. The van der Waals surface area contributed by atoms with Crippen molar-refractivity contribution in [2.24, 2.45) is 0 Å². The van der Waals surface area contributed by atoms with Gasteiger partial charge in [0.1, 0.15) is 11.6 Å². The van der Waals surface area contributed by atoms with E-state index in [1.54, 1.807) is 30.2 Å². The van der Waals surface area contributed by atoms with Gasteiger partial charge < -0.3 is 10.2 Å². The fourth-order valence-electron chi connectivity index (χ4n) is 4.58. The Morgan fingerprint density at radius 3 is 2.38 bits per heavy atom. The van der Waals surface area contributed by atoms with Gasteiger partial charge in [-0.05, 0) is 51.3 Å². The first-order valence-electron chi connectivity index (χ1n) is 11.5. The molecule has 3 aromatic rings. The summed E-state index contributed by atoms with van der Waals surface area (Å²) in [6.45, 7) is 7.25. The number of carbonyl (C=O) groups excluding carboxylic acids is 2. The van der Waals surface area contributed by atoms with E-state index in [-0.39, 0.29) is 23.3 Å². The van der Waals surface area contributed by atoms with Crippen molar-refractivity contribution in [3.63, 3.8) is 0 Å². The molecule has 176 valence electrons. The number of aromatic nitrogens is 2.